The molecule has 1 aliphatic rings. The van der Waals surface area contributed by atoms with Gasteiger partial charge in [0.05, 0.1) is 13.7 Å². The van der Waals surface area contributed by atoms with E-state index in [1.54, 1.807) is 14.0 Å². The third-order valence-electron chi connectivity index (χ3n) is 5.71. The van der Waals surface area contributed by atoms with E-state index in [9.17, 15) is 9.59 Å². The van der Waals surface area contributed by atoms with Gasteiger partial charge < -0.3 is 25.0 Å². The van der Waals surface area contributed by atoms with Crippen LogP contribution in [0, 0.1) is 0 Å². The highest BCUT2D eigenvalue weighted by Gasteiger charge is 2.24. The van der Waals surface area contributed by atoms with Crippen molar-refractivity contribution in [3.05, 3.63) is 71.4 Å². The minimum Gasteiger partial charge on any atom is -0.497 e. The van der Waals surface area contributed by atoms with E-state index in [0.717, 1.165) is 36.4 Å². The van der Waals surface area contributed by atoms with Crippen molar-refractivity contribution in [2.75, 3.05) is 43.6 Å². The Balaban J connectivity index is 1.53. The first kappa shape index (κ1) is 24.0. The summed E-state index contributed by atoms with van der Waals surface area (Å²) in [4.78, 5) is 35.7. The molecule has 0 radical (unpaired) electrons. The number of hydrogen-bond acceptors (Lipinski definition) is 8. The van der Waals surface area contributed by atoms with Crippen molar-refractivity contribution in [1.82, 2.24) is 15.3 Å². The fourth-order valence-electron chi connectivity index (χ4n) is 3.93. The zero-order valence-electron chi connectivity index (χ0n) is 19.9. The van der Waals surface area contributed by atoms with Crippen molar-refractivity contribution in [2.45, 2.75) is 19.8 Å². The van der Waals surface area contributed by atoms with Crippen LogP contribution in [0.5, 0.6) is 5.75 Å². The molecule has 0 spiro atoms. The number of nitrogens with one attached hydrogen (secondary N) is 2. The number of methoxy groups -OCH3 is 1. The molecule has 3 aromatic rings. The lowest BCUT2D eigenvalue weighted by Gasteiger charge is -2.19. The lowest BCUT2D eigenvalue weighted by atomic mass is 10.1. The van der Waals surface area contributed by atoms with E-state index < -0.39 is 11.9 Å². The highest BCUT2D eigenvalue weighted by atomic mass is 16.5. The molecule has 2 N–H and O–H groups in total. The fraction of sp³-hybridized carbons (Fsp3) is 0.308. The Hall–Kier alpha value is -4.14. The van der Waals surface area contributed by atoms with Gasteiger partial charge in [0.25, 0.3) is 5.91 Å². The largest absolute Gasteiger partial charge is 0.497 e. The topological polar surface area (TPSA) is 106 Å². The molecular formula is C26H29N5O4. The summed E-state index contributed by atoms with van der Waals surface area (Å²) < 4.78 is 10.1. The van der Waals surface area contributed by atoms with Crippen LogP contribution in [-0.4, -0.2) is 55.2 Å². The maximum atomic E-state index is 12.8. The van der Waals surface area contributed by atoms with Crippen molar-refractivity contribution in [3.63, 3.8) is 0 Å². The summed E-state index contributed by atoms with van der Waals surface area (Å²) in [6.45, 7) is 3.06. The molecule has 1 amide bonds. The third kappa shape index (κ3) is 5.87. The Morgan fingerprint density at radius 2 is 1.91 bits per heavy atom. The lowest BCUT2D eigenvalue weighted by molar-refractivity contribution is -0.141. The number of esters is 1. The second-order valence-electron chi connectivity index (χ2n) is 7.98. The first-order chi connectivity index (χ1) is 17.1. The molecule has 0 unspecified atom stereocenters. The van der Waals surface area contributed by atoms with Gasteiger partial charge in [-0.1, -0.05) is 30.3 Å². The Labute approximate surface area is 204 Å². The molecule has 9 heteroatoms. The first-order valence-electron chi connectivity index (χ1n) is 11.6. The molecular weight excluding hydrogens is 446 g/mol. The molecule has 0 fully saturated rings. The van der Waals surface area contributed by atoms with Gasteiger partial charge in [-0.3, -0.25) is 9.59 Å². The molecule has 0 atom stereocenters. The zero-order chi connectivity index (χ0) is 24.6. The minimum atomic E-state index is -0.499. The predicted octanol–water partition coefficient (Wildman–Crippen LogP) is 3.13. The molecule has 2 aromatic carbocycles. The van der Waals surface area contributed by atoms with E-state index in [-0.39, 0.29) is 18.7 Å². The van der Waals surface area contributed by atoms with Crippen LogP contribution in [0.3, 0.4) is 0 Å². The number of nitrogens with zero attached hydrogens (tertiary/aromatic N) is 3. The van der Waals surface area contributed by atoms with Gasteiger partial charge in [-0.15, -0.1) is 0 Å². The maximum absolute atomic E-state index is 12.8. The highest BCUT2D eigenvalue weighted by molar-refractivity contribution is 6.00. The number of para-hydroxylation sites is 1. The number of fused-ring (bicyclic) bond motifs is 1. The van der Waals surface area contributed by atoms with Gasteiger partial charge in [0.15, 0.2) is 0 Å². The predicted molar refractivity (Wildman–Crippen MR) is 133 cm³/mol. The average molecular weight is 476 g/mol. The van der Waals surface area contributed by atoms with Gasteiger partial charge in [0, 0.05) is 25.0 Å². The summed E-state index contributed by atoms with van der Waals surface area (Å²) in [5.41, 5.74) is 3.69. The van der Waals surface area contributed by atoms with Crippen LogP contribution in [0.4, 0.5) is 17.5 Å². The molecule has 0 saturated heterocycles. The van der Waals surface area contributed by atoms with Crippen molar-refractivity contribution >= 4 is 29.3 Å². The van der Waals surface area contributed by atoms with E-state index in [0.29, 0.717) is 18.3 Å². The van der Waals surface area contributed by atoms with Gasteiger partial charge in [0.2, 0.25) is 5.95 Å². The van der Waals surface area contributed by atoms with Crippen LogP contribution >= 0.6 is 0 Å². The summed E-state index contributed by atoms with van der Waals surface area (Å²) in [6.07, 6.45) is 3.13. The summed E-state index contributed by atoms with van der Waals surface area (Å²) in [5.74, 6) is 0.783. The zero-order valence-corrected chi connectivity index (χ0v) is 19.9. The molecule has 35 heavy (non-hydrogen) atoms. The molecule has 0 aliphatic carbocycles. The van der Waals surface area contributed by atoms with E-state index in [4.69, 9.17) is 14.5 Å². The third-order valence-corrected chi connectivity index (χ3v) is 5.71. The van der Waals surface area contributed by atoms with Crippen LogP contribution in [0.25, 0.3) is 0 Å². The van der Waals surface area contributed by atoms with Gasteiger partial charge in [0.1, 0.15) is 23.7 Å². The van der Waals surface area contributed by atoms with Crippen molar-refractivity contribution < 1.29 is 19.1 Å². The van der Waals surface area contributed by atoms with Crippen LogP contribution in [0.1, 0.15) is 28.4 Å². The molecule has 4 rings (SSSR count). The second kappa shape index (κ2) is 11.3. The van der Waals surface area contributed by atoms with Crippen molar-refractivity contribution in [1.29, 1.82) is 0 Å². The standard InChI is InChI=1S/C26H29N5O4/c1-3-35-23(32)17-28-25(33)21-16-29-26(31-15-13-19-6-4-5-7-22(19)31)30-24(21)27-14-12-18-8-10-20(34-2)11-9-18/h4-11,16H,3,12-15,17H2,1-2H3,(H,28,33)(H,27,29,30). The van der Waals surface area contributed by atoms with Gasteiger partial charge >= 0.3 is 5.97 Å². The van der Waals surface area contributed by atoms with E-state index >= 15 is 0 Å². The monoisotopic (exact) mass is 475 g/mol. The van der Waals surface area contributed by atoms with E-state index in [1.165, 1.54) is 11.8 Å². The second-order valence-corrected chi connectivity index (χ2v) is 7.98. The number of benzene rings is 2. The Morgan fingerprint density at radius 3 is 2.69 bits per heavy atom. The Morgan fingerprint density at radius 1 is 1.11 bits per heavy atom. The number of aromatic nitrogens is 2. The normalized spacial score (nSPS) is 12.1. The molecule has 9 nitrogen and oxygen atoms in total. The quantitative estimate of drug-likeness (QED) is 0.431. The number of carbonyl (C=O) groups excluding carboxylic acids is 2. The average Bonchev–Trinajstić information content (AvgIpc) is 3.32. The summed E-state index contributed by atoms with van der Waals surface area (Å²) in [7, 11) is 1.64. The molecule has 182 valence electrons. The number of carbonyl (C=O) groups is 2. The SMILES string of the molecule is CCOC(=O)CNC(=O)c1cnc(N2CCc3ccccc32)nc1NCCc1ccc(OC)cc1. The van der Waals surface area contributed by atoms with E-state index in [2.05, 4.69) is 21.7 Å². The number of anilines is 3. The minimum absolute atomic E-state index is 0.223. The van der Waals surface area contributed by atoms with Crippen LogP contribution in [0.2, 0.25) is 0 Å². The Bertz CT molecular complexity index is 1180. The molecule has 0 saturated carbocycles. The fourth-order valence-corrected chi connectivity index (χ4v) is 3.93. The van der Waals surface area contributed by atoms with Crippen LogP contribution in [0.15, 0.2) is 54.7 Å². The van der Waals surface area contributed by atoms with Gasteiger partial charge in [-0.05, 0) is 49.1 Å². The van der Waals surface area contributed by atoms with Crippen molar-refractivity contribution in [3.8, 4) is 5.75 Å². The number of hydrogen-bond donors (Lipinski definition) is 2. The summed E-state index contributed by atoms with van der Waals surface area (Å²) in [6, 6.07) is 16.0. The smallest absolute Gasteiger partial charge is 0.325 e. The molecule has 0 bridgehead atoms. The Kier molecular flexibility index (Phi) is 7.77. The molecule has 1 aromatic heterocycles. The summed E-state index contributed by atoms with van der Waals surface area (Å²) in [5, 5.41) is 5.87. The number of amides is 1. The van der Waals surface area contributed by atoms with E-state index in [1.807, 2.05) is 47.4 Å². The first-order valence-corrected chi connectivity index (χ1v) is 11.6. The number of ether oxygens (including phenoxy) is 2. The maximum Gasteiger partial charge on any atom is 0.325 e. The van der Waals surface area contributed by atoms with Crippen LogP contribution in [-0.2, 0) is 22.4 Å². The van der Waals surface area contributed by atoms with Crippen molar-refractivity contribution in [2.24, 2.45) is 0 Å². The van der Waals surface area contributed by atoms with Gasteiger partial charge in [-0.25, -0.2) is 4.98 Å². The number of rotatable bonds is 10. The lowest BCUT2D eigenvalue weighted by Crippen LogP contribution is -2.32. The molecule has 2 heterocycles. The molecule has 1 aliphatic heterocycles. The van der Waals surface area contributed by atoms with Crippen LogP contribution < -0.4 is 20.3 Å². The van der Waals surface area contributed by atoms with Gasteiger partial charge in [-0.2, -0.15) is 4.98 Å². The highest BCUT2D eigenvalue weighted by Crippen LogP contribution is 2.33. The summed E-state index contributed by atoms with van der Waals surface area (Å²) >= 11 is 0.